The number of rotatable bonds is 5. The molecule has 2 heterocycles. The fourth-order valence-corrected chi connectivity index (χ4v) is 5.84. The maximum absolute atomic E-state index is 12.2. The number of thioether (sulfide) groups is 1. The standard InChI is InChI=1S/C12H19NO3S3/c1-9-6-12(18-11(9)8-14)19(15,16)13-7-10-2-4-17-5-3-10/h6,10,13-14H,2-5,7-8H2,1H3. The zero-order chi connectivity index (χ0) is 13.9. The van der Waals surface area contributed by atoms with Crippen molar-refractivity contribution < 1.29 is 13.5 Å². The van der Waals surface area contributed by atoms with E-state index in [-0.39, 0.29) is 6.61 Å². The van der Waals surface area contributed by atoms with Crippen LogP contribution < -0.4 is 4.72 Å². The van der Waals surface area contributed by atoms with E-state index in [9.17, 15) is 8.42 Å². The molecule has 0 spiro atoms. The molecule has 1 aromatic heterocycles. The summed E-state index contributed by atoms with van der Waals surface area (Å²) in [6.07, 6.45) is 2.16. The Bertz CT molecular complexity index is 518. The van der Waals surface area contributed by atoms with Crippen LogP contribution in [0.25, 0.3) is 0 Å². The number of aliphatic hydroxyl groups excluding tert-OH is 1. The van der Waals surface area contributed by atoms with Crippen LogP contribution >= 0.6 is 23.1 Å². The van der Waals surface area contributed by atoms with Crippen molar-refractivity contribution in [2.75, 3.05) is 18.1 Å². The van der Waals surface area contributed by atoms with E-state index in [1.807, 2.05) is 18.7 Å². The van der Waals surface area contributed by atoms with E-state index in [1.165, 1.54) is 0 Å². The van der Waals surface area contributed by atoms with Gasteiger partial charge in [-0.25, -0.2) is 13.1 Å². The molecule has 2 rings (SSSR count). The molecule has 1 saturated heterocycles. The molecule has 0 unspecified atom stereocenters. The summed E-state index contributed by atoms with van der Waals surface area (Å²) in [7, 11) is -3.42. The Morgan fingerprint density at radius 2 is 2.11 bits per heavy atom. The lowest BCUT2D eigenvalue weighted by Gasteiger charge is -2.21. The summed E-state index contributed by atoms with van der Waals surface area (Å²) < 4.78 is 27.3. The fourth-order valence-electron chi connectivity index (χ4n) is 2.03. The van der Waals surface area contributed by atoms with E-state index < -0.39 is 10.0 Å². The van der Waals surface area contributed by atoms with Gasteiger partial charge in [-0.2, -0.15) is 11.8 Å². The third-order valence-electron chi connectivity index (χ3n) is 3.31. The normalized spacial score (nSPS) is 17.8. The maximum atomic E-state index is 12.2. The molecule has 0 amide bonds. The average Bonchev–Trinajstić information content (AvgIpc) is 2.80. The first-order valence-corrected chi connectivity index (χ1v) is 9.76. The first-order chi connectivity index (χ1) is 9.03. The Hall–Kier alpha value is -0.0800. The fraction of sp³-hybridized carbons (Fsp3) is 0.667. The van der Waals surface area contributed by atoms with Crippen LogP contribution in [-0.2, 0) is 16.6 Å². The van der Waals surface area contributed by atoms with Crippen molar-refractivity contribution in [2.24, 2.45) is 5.92 Å². The minimum atomic E-state index is -3.42. The third-order valence-corrected chi connectivity index (χ3v) is 7.48. The molecule has 19 heavy (non-hydrogen) atoms. The van der Waals surface area contributed by atoms with Crippen LogP contribution in [0, 0.1) is 12.8 Å². The second-order valence-corrected chi connectivity index (χ2v) is 9.09. The highest BCUT2D eigenvalue weighted by Crippen LogP contribution is 2.27. The smallest absolute Gasteiger partial charge is 0.250 e. The van der Waals surface area contributed by atoms with Crippen LogP contribution in [0.3, 0.4) is 0 Å². The van der Waals surface area contributed by atoms with Gasteiger partial charge >= 0.3 is 0 Å². The Labute approximate surface area is 122 Å². The second-order valence-electron chi connectivity index (χ2n) is 4.74. The summed E-state index contributed by atoms with van der Waals surface area (Å²) in [5, 5.41) is 9.12. The van der Waals surface area contributed by atoms with Crippen molar-refractivity contribution >= 4 is 33.1 Å². The van der Waals surface area contributed by atoms with Crippen molar-refractivity contribution in [3.05, 3.63) is 16.5 Å². The van der Waals surface area contributed by atoms with Crippen LogP contribution in [0.15, 0.2) is 10.3 Å². The Kier molecular flexibility index (Phi) is 5.30. The highest BCUT2D eigenvalue weighted by atomic mass is 32.2. The van der Waals surface area contributed by atoms with Crippen molar-refractivity contribution in [3.63, 3.8) is 0 Å². The van der Waals surface area contributed by atoms with Gasteiger partial charge in [-0.15, -0.1) is 11.3 Å². The maximum Gasteiger partial charge on any atom is 0.250 e. The number of aryl methyl sites for hydroxylation is 1. The number of nitrogens with one attached hydrogen (secondary N) is 1. The molecule has 0 saturated carbocycles. The SMILES string of the molecule is Cc1cc(S(=O)(=O)NCC2CCSCC2)sc1CO. The number of aliphatic hydroxyl groups is 1. The van der Waals surface area contributed by atoms with Gasteiger partial charge in [0.15, 0.2) is 0 Å². The molecule has 0 radical (unpaired) electrons. The molecule has 108 valence electrons. The van der Waals surface area contributed by atoms with Gasteiger partial charge in [-0.3, -0.25) is 0 Å². The van der Waals surface area contributed by atoms with Crippen LogP contribution in [0.2, 0.25) is 0 Å². The zero-order valence-corrected chi connectivity index (χ0v) is 13.3. The molecule has 0 aromatic carbocycles. The van der Waals surface area contributed by atoms with Gasteiger partial charge in [0.05, 0.1) is 6.61 Å². The lowest BCUT2D eigenvalue weighted by molar-refractivity contribution is 0.285. The van der Waals surface area contributed by atoms with Gasteiger partial charge in [0.2, 0.25) is 10.0 Å². The predicted octanol–water partition coefficient (Wildman–Crippen LogP) is 1.97. The van der Waals surface area contributed by atoms with Gasteiger partial charge in [0.1, 0.15) is 4.21 Å². The molecule has 0 atom stereocenters. The molecular formula is C12H19NO3S3. The first-order valence-electron chi connectivity index (χ1n) is 6.30. The molecule has 4 nitrogen and oxygen atoms in total. The van der Waals surface area contributed by atoms with Crippen molar-refractivity contribution in [3.8, 4) is 0 Å². The van der Waals surface area contributed by atoms with E-state index in [2.05, 4.69) is 4.72 Å². The van der Waals surface area contributed by atoms with Crippen LogP contribution in [0.1, 0.15) is 23.3 Å². The van der Waals surface area contributed by atoms with Crippen LogP contribution in [-0.4, -0.2) is 31.6 Å². The Balaban J connectivity index is 2.00. The monoisotopic (exact) mass is 321 g/mol. The summed E-state index contributed by atoms with van der Waals surface area (Å²) in [5.74, 6) is 2.70. The highest BCUT2D eigenvalue weighted by Gasteiger charge is 2.21. The number of hydrogen-bond acceptors (Lipinski definition) is 5. The number of thiophene rings is 1. The quantitative estimate of drug-likeness (QED) is 0.870. The van der Waals surface area contributed by atoms with Crippen molar-refractivity contribution in [1.29, 1.82) is 0 Å². The summed E-state index contributed by atoms with van der Waals surface area (Å²) in [6.45, 7) is 2.24. The predicted molar refractivity (Wildman–Crippen MR) is 80.2 cm³/mol. The van der Waals surface area contributed by atoms with E-state index in [4.69, 9.17) is 5.11 Å². The lowest BCUT2D eigenvalue weighted by atomic mass is 10.0. The van der Waals surface area contributed by atoms with Crippen molar-refractivity contribution in [1.82, 2.24) is 4.72 Å². The third kappa shape index (κ3) is 3.95. The molecule has 1 fully saturated rings. The number of sulfonamides is 1. The zero-order valence-electron chi connectivity index (χ0n) is 10.9. The first kappa shape index (κ1) is 15.3. The van der Waals surface area contributed by atoms with Gasteiger partial charge in [-0.05, 0) is 48.8 Å². The Morgan fingerprint density at radius 1 is 1.42 bits per heavy atom. The van der Waals surface area contributed by atoms with Gasteiger partial charge in [-0.1, -0.05) is 0 Å². The van der Waals surface area contributed by atoms with E-state index in [0.29, 0.717) is 16.7 Å². The molecular weight excluding hydrogens is 302 g/mol. The molecule has 2 N–H and O–H groups in total. The number of hydrogen-bond donors (Lipinski definition) is 2. The Morgan fingerprint density at radius 3 is 2.68 bits per heavy atom. The molecule has 0 bridgehead atoms. The molecule has 1 aromatic rings. The van der Waals surface area contributed by atoms with Gasteiger partial charge in [0, 0.05) is 11.4 Å². The summed E-state index contributed by atoms with van der Waals surface area (Å²) >= 11 is 3.08. The highest BCUT2D eigenvalue weighted by molar-refractivity contribution is 7.99. The average molecular weight is 321 g/mol. The minimum absolute atomic E-state index is 0.105. The second kappa shape index (κ2) is 6.58. The van der Waals surface area contributed by atoms with E-state index >= 15 is 0 Å². The van der Waals surface area contributed by atoms with Gasteiger partial charge < -0.3 is 5.11 Å². The summed E-state index contributed by atoms with van der Waals surface area (Å²) in [5.41, 5.74) is 0.835. The van der Waals surface area contributed by atoms with Crippen LogP contribution in [0.5, 0.6) is 0 Å². The van der Waals surface area contributed by atoms with E-state index in [0.717, 1.165) is 46.1 Å². The summed E-state index contributed by atoms with van der Waals surface area (Å²) in [6, 6.07) is 1.63. The topological polar surface area (TPSA) is 66.4 Å². The van der Waals surface area contributed by atoms with E-state index in [1.54, 1.807) is 6.07 Å². The summed E-state index contributed by atoms with van der Waals surface area (Å²) in [4.78, 5) is 0.717. The lowest BCUT2D eigenvalue weighted by Crippen LogP contribution is -2.30. The minimum Gasteiger partial charge on any atom is -0.391 e. The molecule has 1 aliphatic heterocycles. The van der Waals surface area contributed by atoms with Gasteiger partial charge in [0.25, 0.3) is 0 Å². The molecule has 0 aliphatic carbocycles. The molecule has 7 heteroatoms. The van der Waals surface area contributed by atoms with Crippen LogP contribution in [0.4, 0.5) is 0 Å². The van der Waals surface area contributed by atoms with Crippen molar-refractivity contribution in [2.45, 2.75) is 30.6 Å². The molecule has 1 aliphatic rings. The largest absolute Gasteiger partial charge is 0.391 e.